The number of benzene rings is 1. The maximum atomic E-state index is 13.1. The normalized spacial score (nSPS) is 13.1. The van der Waals surface area contributed by atoms with Crippen molar-refractivity contribution in [1.82, 2.24) is 19.9 Å². The van der Waals surface area contributed by atoms with Crippen LogP contribution < -0.4 is 10.6 Å². The Bertz CT molecular complexity index is 1050. The summed E-state index contributed by atoms with van der Waals surface area (Å²) in [6, 6.07) is 9.48. The van der Waals surface area contributed by atoms with Gasteiger partial charge in [0.05, 0.1) is 16.9 Å². The molecule has 0 saturated heterocycles. The second-order valence-corrected chi connectivity index (χ2v) is 7.28. The molecule has 7 nitrogen and oxygen atoms in total. The van der Waals surface area contributed by atoms with Crippen LogP contribution in [0, 0.1) is 0 Å². The highest BCUT2D eigenvalue weighted by molar-refractivity contribution is 6.07. The minimum atomic E-state index is -0.320. The predicted molar refractivity (Wildman–Crippen MR) is 112 cm³/mol. The van der Waals surface area contributed by atoms with Crippen LogP contribution in [0.2, 0.25) is 0 Å². The van der Waals surface area contributed by atoms with E-state index in [1.54, 1.807) is 6.20 Å². The lowest BCUT2D eigenvalue weighted by atomic mass is 10.1. The van der Waals surface area contributed by atoms with Crippen LogP contribution in [0.4, 0.5) is 5.69 Å². The fourth-order valence-corrected chi connectivity index (χ4v) is 3.74. The SMILES string of the molecule is CCCCNC(=O)c1nc(C(=O)Nc2cccc3cccnc23)n2c1CCCC2. The first kappa shape index (κ1) is 19.1. The number of hydrogen-bond donors (Lipinski definition) is 2. The molecule has 2 amide bonds. The fraction of sp³-hybridized carbons (Fsp3) is 0.364. The Kier molecular flexibility index (Phi) is 5.55. The Balaban J connectivity index is 1.63. The van der Waals surface area contributed by atoms with E-state index in [4.69, 9.17) is 0 Å². The molecule has 4 rings (SSSR count). The largest absolute Gasteiger partial charge is 0.351 e. The van der Waals surface area contributed by atoms with Gasteiger partial charge in [0, 0.05) is 24.7 Å². The van der Waals surface area contributed by atoms with E-state index >= 15 is 0 Å². The molecule has 3 aromatic rings. The zero-order valence-corrected chi connectivity index (χ0v) is 16.6. The van der Waals surface area contributed by atoms with Crippen molar-refractivity contribution in [2.24, 2.45) is 0 Å². The van der Waals surface area contributed by atoms with E-state index < -0.39 is 0 Å². The Morgan fingerprint density at radius 3 is 2.86 bits per heavy atom. The summed E-state index contributed by atoms with van der Waals surface area (Å²) in [5.41, 5.74) is 2.59. The number of aromatic nitrogens is 3. The number of imidazole rings is 1. The van der Waals surface area contributed by atoms with Crippen molar-refractivity contribution in [3.63, 3.8) is 0 Å². The topological polar surface area (TPSA) is 88.9 Å². The van der Waals surface area contributed by atoms with E-state index in [0.29, 0.717) is 24.5 Å². The molecule has 3 heterocycles. The molecular formula is C22H25N5O2. The third-order valence-electron chi connectivity index (χ3n) is 5.23. The lowest BCUT2D eigenvalue weighted by Gasteiger charge is -2.17. The van der Waals surface area contributed by atoms with Crippen LogP contribution in [0.15, 0.2) is 36.5 Å². The number of nitrogens with zero attached hydrogens (tertiary/aromatic N) is 3. The molecule has 0 fully saturated rings. The van der Waals surface area contributed by atoms with E-state index in [9.17, 15) is 9.59 Å². The molecule has 1 aromatic carbocycles. The average molecular weight is 391 g/mol. The van der Waals surface area contributed by atoms with E-state index in [1.165, 1.54) is 0 Å². The predicted octanol–water partition coefficient (Wildman–Crippen LogP) is 3.55. The van der Waals surface area contributed by atoms with Gasteiger partial charge in [-0.2, -0.15) is 0 Å². The molecule has 1 aliphatic rings. The number of hydrogen-bond acceptors (Lipinski definition) is 4. The van der Waals surface area contributed by atoms with Crippen molar-refractivity contribution < 1.29 is 9.59 Å². The number of nitrogens with one attached hydrogen (secondary N) is 2. The molecule has 0 bridgehead atoms. The number of carbonyl (C=O) groups excluding carboxylic acids is 2. The highest BCUT2D eigenvalue weighted by Crippen LogP contribution is 2.24. The highest BCUT2D eigenvalue weighted by atomic mass is 16.2. The van der Waals surface area contributed by atoms with Crippen molar-refractivity contribution in [3.05, 3.63) is 53.7 Å². The summed E-state index contributed by atoms with van der Waals surface area (Å²) in [5, 5.41) is 6.81. The van der Waals surface area contributed by atoms with Crippen LogP contribution in [-0.2, 0) is 13.0 Å². The summed E-state index contributed by atoms with van der Waals surface area (Å²) < 4.78 is 1.89. The standard InChI is InChI=1S/C22H25N5O2/c1-2-3-12-24-21(28)19-17-11-4-5-14-27(17)20(26-19)22(29)25-16-10-6-8-15-9-7-13-23-18(15)16/h6-10,13H,2-5,11-12,14H2,1H3,(H,24,28)(H,25,29). The summed E-state index contributed by atoms with van der Waals surface area (Å²) >= 11 is 0. The molecule has 0 radical (unpaired) electrons. The molecule has 0 spiro atoms. The van der Waals surface area contributed by atoms with Crippen molar-refractivity contribution in [2.75, 3.05) is 11.9 Å². The number of unbranched alkanes of at least 4 members (excludes halogenated alkanes) is 1. The van der Waals surface area contributed by atoms with Crippen LogP contribution in [0.1, 0.15) is 59.4 Å². The molecule has 0 saturated carbocycles. The quantitative estimate of drug-likeness (QED) is 0.629. The smallest absolute Gasteiger partial charge is 0.291 e. The number of carbonyl (C=O) groups is 2. The van der Waals surface area contributed by atoms with E-state index in [-0.39, 0.29) is 17.6 Å². The summed E-state index contributed by atoms with van der Waals surface area (Å²) in [5.74, 6) is -0.234. The highest BCUT2D eigenvalue weighted by Gasteiger charge is 2.27. The van der Waals surface area contributed by atoms with Gasteiger partial charge >= 0.3 is 0 Å². The molecule has 29 heavy (non-hydrogen) atoms. The minimum absolute atomic E-state index is 0.199. The van der Waals surface area contributed by atoms with Crippen LogP contribution in [0.25, 0.3) is 10.9 Å². The van der Waals surface area contributed by atoms with Crippen LogP contribution in [0.3, 0.4) is 0 Å². The zero-order valence-electron chi connectivity index (χ0n) is 16.6. The number of fused-ring (bicyclic) bond motifs is 2. The number of anilines is 1. The maximum Gasteiger partial charge on any atom is 0.291 e. The van der Waals surface area contributed by atoms with Crippen LogP contribution >= 0.6 is 0 Å². The Hall–Kier alpha value is -3.22. The molecule has 0 unspecified atom stereocenters. The van der Waals surface area contributed by atoms with E-state index in [2.05, 4.69) is 27.5 Å². The van der Waals surface area contributed by atoms with Gasteiger partial charge in [-0.05, 0) is 37.8 Å². The molecule has 0 atom stereocenters. The van der Waals surface area contributed by atoms with Gasteiger partial charge in [-0.3, -0.25) is 14.6 Å². The van der Waals surface area contributed by atoms with Crippen molar-refractivity contribution in [3.8, 4) is 0 Å². The minimum Gasteiger partial charge on any atom is -0.351 e. The second-order valence-electron chi connectivity index (χ2n) is 7.28. The third kappa shape index (κ3) is 3.85. The molecular weight excluding hydrogens is 366 g/mol. The molecule has 2 aromatic heterocycles. The summed E-state index contributed by atoms with van der Waals surface area (Å²) in [6.07, 6.45) is 6.35. The monoisotopic (exact) mass is 391 g/mol. The second kappa shape index (κ2) is 8.43. The van der Waals surface area contributed by atoms with Gasteiger partial charge in [-0.1, -0.05) is 31.5 Å². The fourth-order valence-electron chi connectivity index (χ4n) is 3.74. The van der Waals surface area contributed by atoms with Crippen LogP contribution in [0.5, 0.6) is 0 Å². The number of pyridine rings is 1. The van der Waals surface area contributed by atoms with Crippen molar-refractivity contribution in [1.29, 1.82) is 0 Å². The van der Waals surface area contributed by atoms with Crippen LogP contribution in [-0.4, -0.2) is 32.9 Å². The Morgan fingerprint density at radius 1 is 1.14 bits per heavy atom. The average Bonchev–Trinajstić information content (AvgIpc) is 3.14. The first-order valence-corrected chi connectivity index (χ1v) is 10.2. The van der Waals surface area contributed by atoms with Crippen molar-refractivity contribution in [2.45, 2.75) is 45.6 Å². The lowest BCUT2D eigenvalue weighted by molar-refractivity contribution is 0.0947. The Morgan fingerprint density at radius 2 is 2.00 bits per heavy atom. The number of amides is 2. The molecule has 1 aliphatic heterocycles. The molecule has 150 valence electrons. The van der Waals surface area contributed by atoms with Gasteiger partial charge in [0.1, 0.15) is 5.69 Å². The summed E-state index contributed by atoms with van der Waals surface area (Å²) in [6.45, 7) is 3.39. The Labute approximate surface area is 169 Å². The van der Waals surface area contributed by atoms with Gasteiger partial charge in [-0.15, -0.1) is 0 Å². The van der Waals surface area contributed by atoms with Gasteiger partial charge < -0.3 is 15.2 Å². The molecule has 7 heteroatoms. The van der Waals surface area contributed by atoms with Crippen molar-refractivity contribution >= 4 is 28.4 Å². The van der Waals surface area contributed by atoms with Gasteiger partial charge in [0.2, 0.25) is 0 Å². The van der Waals surface area contributed by atoms with E-state index in [1.807, 2.05) is 34.9 Å². The summed E-state index contributed by atoms with van der Waals surface area (Å²) in [7, 11) is 0. The first-order chi connectivity index (χ1) is 14.2. The zero-order chi connectivity index (χ0) is 20.2. The maximum absolute atomic E-state index is 13.1. The van der Waals surface area contributed by atoms with E-state index in [0.717, 1.165) is 48.7 Å². The first-order valence-electron chi connectivity index (χ1n) is 10.2. The summed E-state index contributed by atoms with van der Waals surface area (Å²) in [4.78, 5) is 34.6. The van der Waals surface area contributed by atoms with Gasteiger partial charge in [-0.25, -0.2) is 4.98 Å². The lowest BCUT2D eigenvalue weighted by Crippen LogP contribution is -2.26. The third-order valence-corrected chi connectivity index (χ3v) is 5.23. The number of para-hydroxylation sites is 1. The molecule has 0 aliphatic carbocycles. The number of rotatable bonds is 6. The molecule has 2 N–H and O–H groups in total. The van der Waals surface area contributed by atoms with Gasteiger partial charge in [0.15, 0.2) is 5.82 Å². The van der Waals surface area contributed by atoms with Gasteiger partial charge in [0.25, 0.3) is 11.8 Å².